The fraction of sp³-hybridized carbons (Fsp3) is 0.294. The summed E-state index contributed by atoms with van der Waals surface area (Å²) >= 11 is 6.17. The highest BCUT2D eigenvalue weighted by Crippen LogP contribution is 2.31. The third kappa shape index (κ3) is 2.73. The maximum absolute atomic E-state index is 6.17. The molecule has 0 saturated carbocycles. The molecule has 1 aliphatic heterocycles. The Bertz CT molecular complexity index is 624. The number of halogens is 1. The first-order chi connectivity index (χ1) is 9.78. The predicted molar refractivity (Wildman–Crippen MR) is 82.8 cm³/mol. The van der Waals surface area contributed by atoms with Gasteiger partial charge in [-0.15, -0.1) is 0 Å². The van der Waals surface area contributed by atoms with Crippen molar-refractivity contribution < 1.29 is 4.74 Å². The molecule has 0 radical (unpaired) electrons. The van der Waals surface area contributed by atoms with Gasteiger partial charge in [0.2, 0.25) is 0 Å². The topological polar surface area (TPSA) is 21.3 Å². The van der Waals surface area contributed by atoms with Gasteiger partial charge >= 0.3 is 0 Å². The van der Waals surface area contributed by atoms with Gasteiger partial charge in [-0.05, 0) is 52.6 Å². The molecule has 1 heterocycles. The molecule has 104 valence electrons. The zero-order chi connectivity index (χ0) is 13.9. The zero-order valence-corrected chi connectivity index (χ0v) is 12.3. The highest BCUT2D eigenvalue weighted by molar-refractivity contribution is 6.30. The van der Waals surface area contributed by atoms with E-state index < -0.39 is 0 Å². The van der Waals surface area contributed by atoms with Crippen LogP contribution in [-0.4, -0.2) is 6.54 Å². The van der Waals surface area contributed by atoms with E-state index in [-0.39, 0.29) is 0 Å². The molecule has 1 aliphatic rings. The smallest absolute Gasteiger partial charge is 0.0725 e. The first-order valence-corrected chi connectivity index (χ1v) is 7.35. The standard InChI is InChI=1S/C17H18ClNO/c1-2-19-9-13-5-6-16(18)8-17(13)12-3-4-14-10-20-11-15(14)7-12/h3-8,19H,2,9-11H2,1H3. The summed E-state index contributed by atoms with van der Waals surface area (Å²) in [6.45, 7) is 5.38. The first kappa shape index (κ1) is 13.6. The van der Waals surface area contributed by atoms with E-state index in [1.807, 2.05) is 12.1 Å². The molecule has 20 heavy (non-hydrogen) atoms. The van der Waals surface area contributed by atoms with Gasteiger partial charge in [-0.1, -0.05) is 36.7 Å². The lowest BCUT2D eigenvalue weighted by Gasteiger charge is -2.12. The van der Waals surface area contributed by atoms with Crippen LogP contribution in [0.25, 0.3) is 11.1 Å². The largest absolute Gasteiger partial charge is 0.372 e. The monoisotopic (exact) mass is 287 g/mol. The van der Waals surface area contributed by atoms with Gasteiger partial charge in [0.15, 0.2) is 0 Å². The van der Waals surface area contributed by atoms with Crippen molar-refractivity contribution in [2.45, 2.75) is 26.7 Å². The molecule has 3 rings (SSSR count). The lowest BCUT2D eigenvalue weighted by Crippen LogP contribution is -2.12. The van der Waals surface area contributed by atoms with Gasteiger partial charge in [-0.2, -0.15) is 0 Å². The normalized spacial score (nSPS) is 13.5. The Balaban J connectivity index is 2.01. The summed E-state index contributed by atoms with van der Waals surface area (Å²) in [6, 6.07) is 12.7. The van der Waals surface area contributed by atoms with Crippen molar-refractivity contribution in [1.29, 1.82) is 0 Å². The first-order valence-electron chi connectivity index (χ1n) is 6.97. The van der Waals surface area contributed by atoms with Crippen molar-refractivity contribution in [2.75, 3.05) is 6.54 Å². The number of rotatable bonds is 4. The molecule has 0 atom stereocenters. The molecule has 0 aliphatic carbocycles. The van der Waals surface area contributed by atoms with Crippen LogP contribution in [-0.2, 0) is 24.5 Å². The molecule has 0 bridgehead atoms. The predicted octanol–water partition coefficient (Wildman–Crippen LogP) is 4.15. The quantitative estimate of drug-likeness (QED) is 0.912. The zero-order valence-electron chi connectivity index (χ0n) is 11.6. The summed E-state index contributed by atoms with van der Waals surface area (Å²) in [5.41, 5.74) is 6.27. The Labute approximate surface area is 124 Å². The molecule has 2 aromatic rings. The Morgan fingerprint density at radius 1 is 1.10 bits per heavy atom. The van der Waals surface area contributed by atoms with E-state index in [9.17, 15) is 0 Å². The molecule has 1 N–H and O–H groups in total. The molecule has 3 heteroatoms. The van der Waals surface area contributed by atoms with E-state index in [1.165, 1.54) is 27.8 Å². The number of benzene rings is 2. The summed E-state index contributed by atoms with van der Waals surface area (Å²) in [5.74, 6) is 0. The van der Waals surface area contributed by atoms with E-state index in [0.717, 1.165) is 24.7 Å². The van der Waals surface area contributed by atoms with E-state index in [1.54, 1.807) is 0 Å². The second kappa shape index (κ2) is 5.96. The van der Waals surface area contributed by atoms with Gasteiger partial charge in [-0.3, -0.25) is 0 Å². The van der Waals surface area contributed by atoms with Crippen LogP contribution in [0.1, 0.15) is 23.6 Å². The number of hydrogen-bond donors (Lipinski definition) is 1. The minimum Gasteiger partial charge on any atom is -0.372 e. The van der Waals surface area contributed by atoms with Gasteiger partial charge in [0.1, 0.15) is 0 Å². The minimum absolute atomic E-state index is 0.715. The van der Waals surface area contributed by atoms with Crippen LogP contribution in [0.15, 0.2) is 36.4 Å². The maximum Gasteiger partial charge on any atom is 0.0725 e. The summed E-state index contributed by atoms with van der Waals surface area (Å²) < 4.78 is 5.49. The van der Waals surface area contributed by atoms with Crippen LogP contribution in [0.4, 0.5) is 0 Å². The third-order valence-corrected chi connectivity index (χ3v) is 3.90. The van der Waals surface area contributed by atoms with Crippen LogP contribution in [0.2, 0.25) is 5.02 Å². The lowest BCUT2D eigenvalue weighted by atomic mass is 9.96. The molecule has 0 aromatic heterocycles. The van der Waals surface area contributed by atoms with E-state index >= 15 is 0 Å². The number of ether oxygens (including phenoxy) is 1. The van der Waals surface area contributed by atoms with Gasteiger partial charge in [0.25, 0.3) is 0 Å². The van der Waals surface area contributed by atoms with Crippen molar-refractivity contribution in [2.24, 2.45) is 0 Å². The molecule has 0 amide bonds. The summed E-state index contributed by atoms with van der Waals surface area (Å²) in [5, 5.41) is 4.15. The lowest BCUT2D eigenvalue weighted by molar-refractivity contribution is 0.134. The van der Waals surface area contributed by atoms with Gasteiger partial charge in [0, 0.05) is 11.6 Å². The Morgan fingerprint density at radius 3 is 2.80 bits per heavy atom. The second-order valence-corrected chi connectivity index (χ2v) is 5.49. The Hall–Kier alpha value is -1.35. The Kier molecular flexibility index (Phi) is 4.06. The summed E-state index contributed by atoms with van der Waals surface area (Å²) in [4.78, 5) is 0. The van der Waals surface area contributed by atoms with Crippen LogP contribution >= 0.6 is 11.6 Å². The van der Waals surface area contributed by atoms with Crippen LogP contribution < -0.4 is 5.32 Å². The van der Waals surface area contributed by atoms with Crippen molar-refractivity contribution in [1.82, 2.24) is 5.32 Å². The summed E-state index contributed by atoms with van der Waals surface area (Å²) in [7, 11) is 0. The van der Waals surface area contributed by atoms with Crippen molar-refractivity contribution in [3.05, 3.63) is 58.1 Å². The highest BCUT2D eigenvalue weighted by atomic mass is 35.5. The number of fused-ring (bicyclic) bond motifs is 1. The molecule has 2 aromatic carbocycles. The van der Waals surface area contributed by atoms with Gasteiger partial charge in [-0.25, -0.2) is 0 Å². The molecule has 0 unspecified atom stereocenters. The molecule has 0 fully saturated rings. The average Bonchev–Trinajstić information content (AvgIpc) is 2.93. The van der Waals surface area contributed by atoms with Crippen LogP contribution in [0.5, 0.6) is 0 Å². The average molecular weight is 288 g/mol. The van der Waals surface area contributed by atoms with Crippen molar-refractivity contribution in [3.8, 4) is 11.1 Å². The molecule has 0 saturated heterocycles. The molecular weight excluding hydrogens is 270 g/mol. The van der Waals surface area contributed by atoms with E-state index in [0.29, 0.717) is 6.61 Å². The third-order valence-electron chi connectivity index (χ3n) is 3.67. The second-order valence-electron chi connectivity index (χ2n) is 5.06. The maximum atomic E-state index is 6.17. The van der Waals surface area contributed by atoms with Crippen molar-refractivity contribution >= 4 is 11.6 Å². The minimum atomic E-state index is 0.715. The van der Waals surface area contributed by atoms with Gasteiger partial charge < -0.3 is 10.1 Å². The fourth-order valence-corrected chi connectivity index (χ4v) is 2.74. The number of nitrogens with one attached hydrogen (secondary N) is 1. The van der Waals surface area contributed by atoms with E-state index in [2.05, 4.69) is 36.5 Å². The number of hydrogen-bond acceptors (Lipinski definition) is 2. The van der Waals surface area contributed by atoms with E-state index in [4.69, 9.17) is 16.3 Å². The van der Waals surface area contributed by atoms with Gasteiger partial charge in [0.05, 0.1) is 13.2 Å². The van der Waals surface area contributed by atoms with Crippen LogP contribution in [0.3, 0.4) is 0 Å². The molecule has 0 spiro atoms. The SMILES string of the molecule is CCNCc1ccc(Cl)cc1-c1ccc2c(c1)COC2. The summed E-state index contributed by atoms with van der Waals surface area (Å²) in [6.07, 6.45) is 0. The van der Waals surface area contributed by atoms with Crippen molar-refractivity contribution in [3.63, 3.8) is 0 Å². The fourth-order valence-electron chi connectivity index (χ4n) is 2.57. The highest BCUT2D eigenvalue weighted by Gasteiger charge is 2.13. The Morgan fingerprint density at radius 2 is 1.95 bits per heavy atom. The molecule has 2 nitrogen and oxygen atoms in total. The van der Waals surface area contributed by atoms with Crippen LogP contribution in [0, 0.1) is 0 Å². The molecular formula is C17H18ClNO.